The first-order valence-electron chi connectivity index (χ1n) is 14.6. The Morgan fingerprint density at radius 1 is 0.884 bits per heavy atom. The summed E-state index contributed by atoms with van der Waals surface area (Å²) >= 11 is 0. The van der Waals surface area contributed by atoms with Crippen LogP contribution in [0.1, 0.15) is 31.7 Å². The Bertz CT molecular complexity index is 1500. The van der Waals surface area contributed by atoms with Crippen LogP contribution in [-0.4, -0.2) is 74.0 Å². The van der Waals surface area contributed by atoms with Crippen LogP contribution in [0.3, 0.4) is 0 Å². The summed E-state index contributed by atoms with van der Waals surface area (Å²) in [4.78, 5) is 45.6. The Hall–Kier alpha value is -4.79. The van der Waals surface area contributed by atoms with Crippen molar-refractivity contribution in [2.24, 2.45) is 0 Å². The molecule has 1 fully saturated rings. The number of ether oxygens (including phenoxy) is 3. The molecular weight excluding hydrogens is 546 g/mol. The Balaban J connectivity index is 1.33. The van der Waals surface area contributed by atoms with Crippen molar-refractivity contribution >= 4 is 23.5 Å². The third-order valence-corrected chi connectivity index (χ3v) is 7.91. The summed E-state index contributed by atoms with van der Waals surface area (Å²) in [6, 6.07) is 24.6. The van der Waals surface area contributed by atoms with Gasteiger partial charge >= 0.3 is 5.97 Å². The first-order chi connectivity index (χ1) is 20.9. The molecule has 3 aromatic carbocycles. The lowest BCUT2D eigenvalue weighted by molar-refractivity contribution is -0.142. The predicted octanol–water partition coefficient (Wildman–Crippen LogP) is 4.99. The number of hydrogen-bond acceptors (Lipinski definition) is 7. The number of piperazine rings is 1. The lowest BCUT2D eigenvalue weighted by Gasteiger charge is -2.39. The monoisotopic (exact) mass is 583 g/mol. The molecule has 2 amide bonds. The minimum Gasteiger partial charge on any atom is -0.495 e. The number of rotatable bonds is 9. The molecule has 0 saturated carbocycles. The fourth-order valence-electron chi connectivity index (χ4n) is 5.70. The second kappa shape index (κ2) is 13.5. The van der Waals surface area contributed by atoms with Gasteiger partial charge in [0, 0.05) is 44.2 Å². The standard InChI is InChI=1S/C34H37N3O6/c1-4-42-34(40)33-24(2)37(23-32(39)36-19-17-35(18-20-36)29-15-8-9-16-30(29)41-3)31(38)22-28(33)25-11-10-14-27(21-25)43-26-12-6-5-7-13-26/h5-16,21,28H,4,17-20,22-23H2,1-3H3. The Kier molecular flexibility index (Phi) is 9.29. The summed E-state index contributed by atoms with van der Waals surface area (Å²) in [5.74, 6) is 0.682. The Morgan fingerprint density at radius 3 is 2.30 bits per heavy atom. The van der Waals surface area contributed by atoms with Crippen LogP contribution in [0, 0.1) is 0 Å². The largest absolute Gasteiger partial charge is 0.495 e. The van der Waals surface area contributed by atoms with Crippen molar-refractivity contribution in [3.8, 4) is 17.2 Å². The Labute approximate surface area is 252 Å². The van der Waals surface area contributed by atoms with E-state index in [0.29, 0.717) is 48.9 Å². The number of amides is 2. The van der Waals surface area contributed by atoms with Gasteiger partial charge in [-0.2, -0.15) is 0 Å². The summed E-state index contributed by atoms with van der Waals surface area (Å²) < 4.78 is 16.9. The van der Waals surface area contributed by atoms with E-state index >= 15 is 0 Å². The quantitative estimate of drug-likeness (QED) is 0.328. The Morgan fingerprint density at radius 2 is 1.58 bits per heavy atom. The van der Waals surface area contributed by atoms with Crippen molar-refractivity contribution in [1.82, 2.24) is 9.80 Å². The highest BCUT2D eigenvalue weighted by atomic mass is 16.5. The average Bonchev–Trinajstić information content (AvgIpc) is 3.03. The molecule has 5 rings (SSSR count). The van der Waals surface area contributed by atoms with Crippen LogP contribution in [0.5, 0.6) is 17.2 Å². The van der Waals surface area contributed by atoms with Gasteiger partial charge < -0.3 is 28.9 Å². The van der Waals surface area contributed by atoms with Gasteiger partial charge in [-0.3, -0.25) is 9.59 Å². The molecule has 0 bridgehead atoms. The molecule has 1 saturated heterocycles. The van der Waals surface area contributed by atoms with Crippen LogP contribution in [0.25, 0.3) is 0 Å². The van der Waals surface area contributed by atoms with Crippen molar-refractivity contribution in [2.75, 3.05) is 51.3 Å². The highest BCUT2D eigenvalue weighted by Gasteiger charge is 2.38. The lowest BCUT2D eigenvalue weighted by atomic mass is 9.83. The van der Waals surface area contributed by atoms with Gasteiger partial charge in [0.05, 0.1) is 25.0 Å². The van der Waals surface area contributed by atoms with Crippen molar-refractivity contribution in [1.29, 1.82) is 0 Å². The lowest BCUT2D eigenvalue weighted by Crippen LogP contribution is -2.52. The maximum absolute atomic E-state index is 13.5. The third kappa shape index (κ3) is 6.66. The van der Waals surface area contributed by atoms with Gasteiger partial charge in [-0.1, -0.05) is 42.5 Å². The normalized spacial score (nSPS) is 17.1. The minimum atomic E-state index is -0.526. The summed E-state index contributed by atoms with van der Waals surface area (Å²) in [5, 5.41) is 0. The fraction of sp³-hybridized carbons (Fsp3) is 0.324. The van der Waals surface area contributed by atoms with Crippen molar-refractivity contribution in [3.05, 3.63) is 95.7 Å². The van der Waals surface area contributed by atoms with E-state index in [2.05, 4.69) is 4.90 Å². The first kappa shape index (κ1) is 29.7. The van der Waals surface area contributed by atoms with Crippen molar-refractivity contribution < 1.29 is 28.6 Å². The number of anilines is 1. The van der Waals surface area contributed by atoms with E-state index in [-0.39, 0.29) is 31.4 Å². The molecule has 2 heterocycles. The zero-order chi connectivity index (χ0) is 30.3. The van der Waals surface area contributed by atoms with Gasteiger partial charge in [0.15, 0.2) is 0 Å². The zero-order valence-electron chi connectivity index (χ0n) is 24.8. The van der Waals surface area contributed by atoms with Crippen LogP contribution in [0.2, 0.25) is 0 Å². The number of methoxy groups -OCH3 is 1. The molecule has 9 nitrogen and oxygen atoms in total. The third-order valence-electron chi connectivity index (χ3n) is 7.91. The molecule has 43 heavy (non-hydrogen) atoms. The van der Waals surface area contributed by atoms with Gasteiger partial charge in [-0.25, -0.2) is 4.79 Å². The van der Waals surface area contributed by atoms with E-state index in [0.717, 1.165) is 17.0 Å². The van der Waals surface area contributed by atoms with E-state index in [1.165, 1.54) is 4.90 Å². The molecular formula is C34H37N3O6. The fourth-order valence-corrected chi connectivity index (χ4v) is 5.70. The van der Waals surface area contributed by atoms with Crippen molar-refractivity contribution in [2.45, 2.75) is 26.2 Å². The van der Waals surface area contributed by atoms with E-state index in [9.17, 15) is 14.4 Å². The zero-order valence-corrected chi connectivity index (χ0v) is 24.8. The van der Waals surface area contributed by atoms with E-state index in [1.54, 1.807) is 25.9 Å². The number of para-hydroxylation sites is 3. The molecule has 2 aliphatic rings. The smallest absolute Gasteiger partial charge is 0.336 e. The minimum absolute atomic E-state index is 0.0368. The molecule has 224 valence electrons. The van der Waals surface area contributed by atoms with Crippen LogP contribution < -0.4 is 14.4 Å². The van der Waals surface area contributed by atoms with E-state index < -0.39 is 11.9 Å². The molecule has 0 aliphatic carbocycles. The molecule has 0 radical (unpaired) electrons. The van der Waals surface area contributed by atoms with Gasteiger partial charge in [0.1, 0.15) is 23.8 Å². The molecule has 1 atom stereocenters. The molecule has 1 unspecified atom stereocenters. The first-order valence-corrected chi connectivity index (χ1v) is 14.6. The number of carbonyl (C=O) groups is 3. The number of carbonyl (C=O) groups excluding carboxylic acids is 3. The summed E-state index contributed by atoms with van der Waals surface area (Å²) in [5.41, 5.74) is 2.58. The number of allylic oxidation sites excluding steroid dienone is 1. The van der Waals surface area contributed by atoms with E-state index in [1.807, 2.05) is 78.9 Å². The molecule has 3 aromatic rings. The highest BCUT2D eigenvalue weighted by Crippen LogP contribution is 2.39. The van der Waals surface area contributed by atoms with Crippen LogP contribution in [0.15, 0.2) is 90.1 Å². The second-order valence-electron chi connectivity index (χ2n) is 10.5. The van der Waals surface area contributed by atoms with Crippen molar-refractivity contribution in [3.63, 3.8) is 0 Å². The van der Waals surface area contributed by atoms with E-state index in [4.69, 9.17) is 14.2 Å². The average molecular weight is 584 g/mol. The number of nitrogens with zero attached hydrogens (tertiary/aromatic N) is 3. The van der Waals surface area contributed by atoms with Gasteiger partial charge in [-0.05, 0) is 55.8 Å². The molecule has 0 spiro atoms. The maximum Gasteiger partial charge on any atom is 0.336 e. The number of benzene rings is 3. The summed E-state index contributed by atoms with van der Waals surface area (Å²) in [6.07, 6.45) is 0.0368. The van der Waals surface area contributed by atoms with Crippen LogP contribution >= 0.6 is 0 Å². The molecule has 9 heteroatoms. The topological polar surface area (TPSA) is 88.6 Å². The van der Waals surface area contributed by atoms with Gasteiger partial charge in [0.2, 0.25) is 11.8 Å². The molecule has 0 aromatic heterocycles. The second-order valence-corrected chi connectivity index (χ2v) is 10.5. The summed E-state index contributed by atoms with van der Waals surface area (Å²) in [6.45, 7) is 5.85. The maximum atomic E-state index is 13.5. The SMILES string of the molecule is CCOC(=O)C1=C(C)N(CC(=O)N2CCN(c3ccccc3OC)CC2)C(=O)CC1c1cccc(Oc2ccccc2)c1. The number of hydrogen-bond donors (Lipinski definition) is 0. The van der Waals surface area contributed by atoms with Crippen LogP contribution in [0.4, 0.5) is 5.69 Å². The number of esters is 1. The molecule has 0 N–H and O–H groups in total. The van der Waals surface area contributed by atoms with Gasteiger partial charge in [0.25, 0.3) is 0 Å². The summed E-state index contributed by atoms with van der Waals surface area (Å²) in [7, 11) is 1.65. The molecule has 2 aliphatic heterocycles. The van der Waals surface area contributed by atoms with Crippen LogP contribution in [-0.2, 0) is 19.1 Å². The highest BCUT2D eigenvalue weighted by molar-refractivity contribution is 5.97. The van der Waals surface area contributed by atoms with Gasteiger partial charge in [-0.15, -0.1) is 0 Å². The predicted molar refractivity (Wildman–Crippen MR) is 163 cm³/mol.